The van der Waals surface area contributed by atoms with Crippen molar-refractivity contribution in [2.24, 2.45) is 11.3 Å². The molecule has 1 unspecified atom stereocenters. The van der Waals surface area contributed by atoms with Crippen LogP contribution < -0.4 is 0 Å². The van der Waals surface area contributed by atoms with Crippen LogP contribution in [0.4, 0.5) is 0 Å². The SMILES string of the molecule is CC(C1CC1)N(C)C(=O)C(C)(C)C(=O)O. The molecule has 15 heavy (non-hydrogen) atoms. The van der Waals surface area contributed by atoms with Gasteiger partial charge in [-0.1, -0.05) is 0 Å². The second kappa shape index (κ2) is 3.83. The van der Waals surface area contributed by atoms with Gasteiger partial charge in [0.15, 0.2) is 0 Å². The van der Waals surface area contributed by atoms with E-state index in [-0.39, 0.29) is 11.9 Å². The van der Waals surface area contributed by atoms with E-state index in [4.69, 9.17) is 5.11 Å². The van der Waals surface area contributed by atoms with Crippen molar-refractivity contribution >= 4 is 11.9 Å². The molecule has 0 aromatic rings. The minimum absolute atomic E-state index is 0.149. The molecule has 1 aliphatic rings. The Morgan fingerprint density at radius 1 is 1.40 bits per heavy atom. The predicted molar refractivity (Wildman–Crippen MR) is 56.4 cm³/mol. The Balaban J connectivity index is 2.70. The molecular weight excluding hydrogens is 194 g/mol. The number of carboxylic acid groups (broad SMARTS) is 1. The highest BCUT2D eigenvalue weighted by atomic mass is 16.4. The van der Waals surface area contributed by atoms with Crippen molar-refractivity contribution in [2.75, 3.05) is 7.05 Å². The second-order valence-electron chi connectivity index (χ2n) is 4.92. The molecule has 0 aromatic carbocycles. The molecule has 0 aromatic heterocycles. The van der Waals surface area contributed by atoms with Crippen molar-refractivity contribution in [1.29, 1.82) is 0 Å². The first kappa shape index (κ1) is 12.0. The van der Waals surface area contributed by atoms with E-state index in [0.29, 0.717) is 5.92 Å². The molecular formula is C11H19NO3. The van der Waals surface area contributed by atoms with Gasteiger partial charge in [0.2, 0.25) is 5.91 Å². The third-order valence-electron chi connectivity index (χ3n) is 3.30. The highest BCUT2D eigenvalue weighted by Crippen LogP contribution is 2.35. The summed E-state index contributed by atoms with van der Waals surface area (Å²) in [6.07, 6.45) is 2.29. The van der Waals surface area contributed by atoms with Gasteiger partial charge in [-0.05, 0) is 39.5 Å². The average molecular weight is 213 g/mol. The van der Waals surface area contributed by atoms with Gasteiger partial charge in [-0.25, -0.2) is 0 Å². The summed E-state index contributed by atoms with van der Waals surface area (Å²) in [5.74, 6) is -0.819. The Morgan fingerprint density at radius 3 is 2.20 bits per heavy atom. The van der Waals surface area contributed by atoms with Crippen LogP contribution in [-0.4, -0.2) is 35.0 Å². The number of aliphatic carboxylic acids is 1. The first-order valence-corrected chi connectivity index (χ1v) is 5.29. The summed E-state index contributed by atoms with van der Waals surface area (Å²) in [6, 6.07) is 0.149. The van der Waals surface area contributed by atoms with Crippen molar-refractivity contribution in [1.82, 2.24) is 4.90 Å². The zero-order valence-corrected chi connectivity index (χ0v) is 9.78. The van der Waals surface area contributed by atoms with Gasteiger partial charge in [0.1, 0.15) is 5.41 Å². The molecule has 1 atom stereocenters. The van der Waals surface area contributed by atoms with Crippen molar-refractivity contribution in [3.63, 3.8) is 0 Å². The molecule has 1 rings (SSSR count). The maximum atomic E-state index is 11.9. The summed E-state index contributed by atoms with van der Waals surface area (Å²) in [7, 11) is 1.69. The molecule has 1 N–H and O–H groups in total. The second-order valence-corrected chi connectivity index (χ2v) is 4.92. The van der Waals surface area contributed by atoms with Crippen LogP contribution in [0.3, 0.4) is 0 Å². The molecule has 0 spiro atoms. The quantitative estimate of drug-likeness (QED) is 0.717. The predicted octanol–water partition coefficient (Wildman–Crippen LogP) is 1.35. The number of nitrogens with zero attached hydrogens (tertiary/aromatic N) is 1. The molecule has 0 heterocycles. The third kappa shape index (κ3) is 2.30. The lowest BCUT2D eigenvalue weighted by Crippen LogP contribution is -2.47. The summed E-state index contributed by atoms with van der Waals surface area (Å²) in [4.78, 5) is 24.4. The lowest BCUT2D eigenvalue weighted by atomic mass is 9.91. The van der Waals surface area contributed by atoms with Crippen molar-refractivity contribution in [3.8, 4) is 0 Å². The van der Waals surface area contributed by atoms with Crippen LogP contribution in [0.2, 0.25) is 0 Å². The van der Waals surface area contributed by atoms with E-state index in [1.54, 1.807) is 11.9 Å². The maximum absolute atomic E-state index is 11.9. The Kier molecular flexibility index (Phi) is 3.07. The van der Waals surface area contributed by atoms with Crippen LogP contribution in [0.1, 0.15) is 33.6 Å². The number of amides is 1. The largest absolute Gasteiger partial charge is 0.480 e. The number of carbonyl (C=O) groups is 2. The van der Waals surface area contributed by atoms with E-state index < -0.39 is 11.4 Å². The standard InChI is InChI=1S/C11H19NO3/c1-7(8-5-6-8)12(4)9(13)11(2,3)10(14)15/h7-8H,5-6H2,1-4H3,(H,14,15). The number of hydrogen-bond donors (Lipinski definition) is 1. The Hall–Kier alpha value is -1.06. The molecule has 86 valence electrons. The normalized spacial score (nSPS) is 18.4. The van der Waals surface area contributed by atoms with Crippen molar-refractivity contribution in [3.05, 3.63) is 0 Å². The van der Waals surface area contributed by atoms with Crippen molar-refractivity contribution in [2.45, 2.75) is 39.7 Å². The fraction of sp³-hybridized carbons (Fsp3) is 0.818. The number of rotatable bonds is 4. The molecule has 4 nitrogen and oxygen atoms in total. The van der Waals surface area contributed by atoms with Gasteiger partial charge in [0.25, 0.3) is 0 Å². The Labute approximate surface area is 90.3 Å². The van der Waals surface area contributed by atoms with Gasteiger partial charge in [0.05, 0.1) is 0 Å². The van der Waals surface area contributed by atoms with E-state index in [2.05, 4.69) is 0 Å². The summed E-state index contributed by atoms with van der Waals surface area (Å²) >= 11 is 0. The van der Waals surface area contributed by atoms with Gasteiger partial charge in [-0.15, -0.1) is 0 Å². The Morgan fingerprint density at radius 2 is 1.87 bits per heavy atom. The maximum Gasteiger partial charge on any atom is 0.318 e. The first-order chi connectivity index (χ1) is 6.78. The minimum atomic E-state index is -1.32. The monoisotopic (exact) mass is 213 g/mol. The van der Waals surface area contributed by atoms with E-state index in [1.165, 1.54) is 13.8 Å². The number of carboxylic acids is 1. The van der Waals surface area contributed by atoms with Gasteiger partial charge in [-0.3, -0.25) is 9.59 Å². The van der Waals surface area contributed by atoms with Crippen LogP contribution in [0.5, 0.6) is 0 Å². The van der Waals surface area contributed by atoms with E-state index in [9.17, 15) is 9.59 Å². The van der Waals surface area contributed by atoms with Gasteiger partial charge in [-0.2, -0.15) is 0 Å². The zero-order chi connectivity index (χ0) is 11.8. The molecule has 1 aliphatic carbocycles. The molecule has 4 heteroatoms. The van der Waals surface area contributed by atoms with Crippen LogP contribution in [0.25, 0.3) is 0 Å². The van der Waals surface area contributed by atoms with Crippen LogP contribution in [0.15, 0.2) is 0 Å². The summed E-state index contributed by atoms with van der Waals surface area (Å²) in [5.41, 5.74) is -1.32. The average Bonchev–Trinajstić information content (AvgIpc) is 2.97. The summed E-state index contributed by atoms with van der Waals surface area (Å²) < 4.78 is 0. The first-order valence-electron chi connectivity index (χ1n) is 5.29. The van der Waals surface area contributed by atoms with Gasteiger partial charge < -0.3 is 10.0 Å². The van der Waals surface area contributed by atoms with E-state index in [1.807, 2.05) is 6.92 Å². The fourth-order valence-corrected chi connectivity index (χ4v) is 1.61. The van der Waals surface area contributed by atoms with Gasteiger partial charge >= 0.3 is 5.97 Å². The van der Waals surface area contributed by atoms with Crippen LogP contribution in [-0.2, 0) is 9.59 Å². The molecule has 0 bridgehead atoms. The molecule has 0 aliphatic heterocycles. The molecule has 1 fully saturated rings. The summed E-state index contributed by atoms with van der Waals surface area (Å²) in [6.45, 7) is 4.88. The highest BCUT2D eigenvalue weighted by Gasteiger charge is 2.42. The topological polar surface area (TPSA) is 57.6 Å². The Bertz CT molecular complexity index is 282. The minimum Gasteiger partial charge on any atom is -0.480 e. The molecule has 0 radical (unpaired) electrons. The smallest absolute Gasteiger partial charge is 0.318 e. The highest BCUT2D eigenvalue weighted by molar-refractivity contribution is 6.00. The number of hydrogen-bond acceptors (Lipinski definition) is 2. The van der Waals surface area contributed by atoms with Crippen LogP contribution in [0, 0.1) is 11.3 Å². The number of carbonyl (C=O) groups excluding carboxylic acids is 1. The van der Waals surface area contributed by atoms with Crippen molar-refractivity contribution < 1.29 is 14.7 Å². The third-order valence-corrected chi connectivity index (χ3v) is 3.30. The lowest BCUT2D eigenvalue weighted by Gasteiger charge is -2.30. The van der Waals surface area contributed by atoms with Crippen LogP contribution >= 0.6 is 0 Å². The zero-order valence-electron chi connectivity index (χ0n) is 9.78. The lowest BCUT2D eigenvalue weighted by molar-refractivity contribution is -0.158. The van der Waals surface area contributed by atoms with E-state index in [0.717, 1.165) is 12.8 Å². The van der Waals surface area contributed by atoms with E-state index >= 15 is 0 Å². The fourth-order valence-electron chi connectivity index (χ4n) is 1.61. The molecule has 1 amide bonds. The molecule has 1 saturated carbocycles. The van der Waals surface area contributed by atoms with Gasteiger partial charge in [0, 0.05) is 13.1 Å². The summed E-state index contributed by atoms with van der Waals surface area (Å²) in [5, 5.41) is 8.95. The molecule has 0 saturated heterocycles.